The minimum atomic E-state index is -1.13. The fourth-order valence-corrected chi connectivity index (χ4v) is 1.66. The van der Waals surface area contributed by atoms with Crippen LogP contribution < -0.4 is 0 Å². The van der Waals surface area contributed by atoms with Crippen molar-refractivity contribution in [2.45, 2.75) is 46.1 Å². The van der Waals surface area contributed by atoms with E-state index >= 15 is 0 Å². The molecule has 1 rings (SSSR count). The third-order valence-corrected chi connectivity index (χ3v) is 2.53. The maximum absolute atomic E-state index is 14.0. The van der Waals surface area contributed by atoms with Crippen LogP contribution in [-0.2, 0) is 5.60 Å². The maximum atomic E-state index is 14.0. The molecule has 0 fully saturated rings. The summed E-state index contributed by atoms with van der Waals surface area (Å²) in [5.41, 5.74) is 0.912. The molecule has 0 saturated carbocycles. The van der Waals surface area contributed by atoms with Crippen molar-refractivity contribution in [1.29, 1.82) is 0 Å². The summed E-state index contributed by atoms with van der Waals surface area (Å²) in [5.74, 6) is -0.144. The van der Waals surface area contributed by atoms with E-state index in [0.29, 0.717) is 11.1 Å². The first kappa shape index (κ1) is 12.2. The number of benzene rings is 1. The van der Waals surface area contributed by atoms with Crippen molar-refractivity contribution in [3.05, 3.63) is 34.6 Å². The van der Waals surface area contributed by atoms with Crippen molar-refractivity contribution in [2.75, 3.05) is 0 Å². The molecule has 0 aliphatic rings. The second-order valence-corrected chi connectivity index (χ2v) is 4.93. The highest BCUT2D eigenvalue weighted by Crippen LogP contribution is 2.29. The Labute approximate surface area is 90.9 Å². The fourth-order valence-electron chi connectivity index (χ4n) is 1.66. The molecule has 0 radical (unpaired) electrons. The average Bonchev–Trinajstić information content (AvgIpc) is 2.06. The number of hydrogen-bond donors (Lipinski definition) is 1. The molecule has 0 unspecified atom stereocenters. The van der Waals surface area contributed by atoms with Gasteiger partial charge in [-0.15, -0.1) is 0 Å². The van der Waals surface area contributed by atoms with Gasteiger partial charge in [0.25, 0.3) is 0 Å². The summed E-state index contributed by atoms with van der Waals surface area (Å²) in [7, 11) is 0. The molecular weight excluding hydrogens is 191 g/mol. The average molecular weight is 210 g/mol. The smallest absolute Gasteiger partial charge is 0.132 e. The van der Waals surface area contributed by atoms with Crippen molar-refractivity contribution >= 4 is 0 Å². The first-order valence-corrected chi connectivity index (χ1v) is 5.26. The van der Waals surface area contributed by atoms with Gasteiger partial charge < -0.3 is 5.11 Å². The molecule has 0 amide bonds. The van der Waals surface area contributed by atoms with E-state index in [1.165, 1.54) is 0 Å². The van der Waals surface area contributed by atoms with Crippen molar-refractivity contribution in [3.8, 4) is 0 Å². The molecule has 84 valence electrons. The first-order chi connectivity index (χ1) is 6.73. The van der Waals surface area contributed by atoms with E-state index in [1.807, 2.05) is 26.8 Å². The Kier molecular flexibility index (Phi) is 3.19. The summed E-state index contributed by atoms with van der Waals surface area (Å²) in [6.45, 7) is 9.03. The molecule has 0 aliphatic heterocycles. The van der Waals surface area contributed by atoms with E-state index < -0.39 is 5.60 Å². The minimum Gasteiger partial charge on any atom is -0.386 e. The normalized spacial score (nSPS) is 12.3. The van der Waals surface area contributed by atoms with Crippen LogP contribution >= 0.6 is 0 Å². The summed E-state index contributed by atoms with van der Waals surface area (Å²) < 4.78 is 14.0. The Morgan fingerprint density at radius 3 is 2.20 bits per heavy atom. The highest BCUT2D eigenvalue weighted by atomic mass is 19.1. The Morgan fingerprint density at radius 2 is 1.80 bits per heavy atom. The molecule has 1 N–H and O–H groups in total. The van der Waals surface area contributed by atoms with Crippen LogP contribution in [0.5, 0.6) is 0 Å². The lowest BCUT2D eigenvalue weighted by Crippen LogP contribution is -2.19. The molecule has 1 aromatic rings. The molecule has 2 heteroatoms. The van der Waals surface area contributed by atoms with Crippen LogP contribution in [0, 0.1) is 12.7 Å². The van der Waals surface area contributed by atoms with Crippen LogP contribution in [0.25, 0.3) is 0 Å². The Bertz CT molecular complexity index is 362. The van der Waals surface area contributed by atoms with E-state index in [0.717, 1.165) is 5.56 Å². The number of aryl methyl sites for hydroxylation is 1. The second-order valence-electron chi connectivity index (χ2n) is 4.93. The third-order valence-electron chi connectivity index (χ3n) is 2.53. The maximum Gasteiger partial charge on any atom is 0.132 e. The van der Waals surface area contributed by atoms with Gasteiger partial charge in [-0.3, -0.25) is 0 Å². The fraction of sp³-hybridized carbons (Fsp3) is 0.538. The van der Waals surface area contributed by atoms with Gasteiger partial charge in [-0.2, -0.15) is 0 Å². The molecule has 15 heavy (non-hydrogen) atoms. The Morgan fingerprint density at radius 1 is 1.27 bits per heavy atom. The van der Waals surface area contributed by atoms with Crippen molar-refractivity contribution in [2.24, 2.45) is 0 Å². The third kappa shape index (κ3) is 2.57. The molecule has 1 aromatic carbocycles. The van der Waals surface area contributed by atoms with Gasteiger partial charge in [0.1, 0.15) is 5.82 Å². The van der Waals surface area contributed by atoms with E-state index in [-0.39, 0.29) is 11.7 Å². The second kappa shape index (κ2) is 3.93. The van der Waals surface area contributed by atoms with Crippen molar-refractivity contribution < 1.29 is 9.50 Å². The predicted molar refractivity (Wildman–Crippen MR) is 60.5 cm³/mol. The molecule has 0 spiro atoms. The van der Waals surface area contributed by atoms with Crippen LogP contribution in [0.1, 0.15) is 50.3 Å². The lowest BCUT2D eigenvalue weighted by atomic mass is 9.90. The van der Waals surface area contributed by atoms with Crippen LogP contribution in [0.4, 0.5) is 4.39 Å². The van der Waals surface area contributed by atoms with Gasteiger partial charge in [0, 0.05) is 5.56 Å². The molecule has 0 saturated heterocycles. The highest BCUT2D eigenvalue weighted by molar-refractivity contribution is 5.35. The van der Waals surface area contributed by atoms with E-state index in [2.05, 4.69) is 0 Å². The molecule has 0 heterocycles. The molecule has 0 atom stereocenters. The minimum absolute atomic E-state index is 0.131. The molecule has 0 bridgehead atoms. The van der Waals surface area contributed by atoms with Gasteiger partial charge in [-0.1, -0.05) is 31.5 Å². The standard InChI is InChI=1S/C13H19FO/c1-8(2)10-6-9(3)7-11(12(10)14)13(4,5)15/h6-8,15H,1-5H3. The number of rotatable bonds is 2. The zero-order chi connectivity index (χ0) is 11.8. The Hall–Kier alpha value is -0.890. The lowest BCUT2D eigenvalue weighted by Gasteiger charge is -2.22. The summed E-state index contributed by atoms with van der Waals surface area (Å²) >= 11 is 0. The molecule has 1 nitrogen and oxygen atoms in total. The van der Waals surface area contributed by atoms with E-state index in [4.69, 9.17) is 0 Å². The van der Waals surface area contributed by atoms with Gasteiger partial charge in [0.15, 0.2) is 0 Å². The van der Waals surface area contributed by atoms with Gasteiger partial charge in [-0.05, 0) is 32.3 Å². The van der Waals surface area contributed by atoms with Gasteiger partial charge in [0.05, 0.1) is 5.60 Å². The van der Waals surface area contributed by atoms with Crippen LogP contribution in [0.2, 0.25) is 0 Å². The summed E-state index contributed by atoms with van der Waals surface area (Å²) in [5, 5.41) is 9.86. The van der Waals surface area contributed by atoms with Crippen LogP contribution in [0.15, 0.2) is 12.1 Å². The van der Waals surface area contributed by atoms with E-state index in [9.17, 15) is 9.50 Å². The van der Waals surface area contributed by atoms with Crippen molar-refractivity contribution in [1.82, 2.24) is 0 Å². The largest absolute Gasteiger partial charge is 0.386 e. The monoisotopic (exact) mass is 210 g/mol. The van der Waals surface area contributed by atoms with Crippen molar-refractivity contribution in [3.63, 3.8) is 0 Å². The number of aliphatic hydroxyl groups is 1. The lowest BCUT2D eigenvalue weighted by molar-refractivity contribution is 0.0742. The molecule has 0 aromatic heterocycles. The van der Waals surface area contributed by atoms with Gasteiger partial charge in [-0.25, -0.2) is 4.39 Å². The highest BCUT2D eigenvalue weighted by Gasteiger charge is 2.23. The predicted octanol–water partition coefficient (Wildman–Crippen LogP) is 3.48. The van der Waals surface area contributed by atoms with Crippen LogP contribution in [0.3, 0.4) is 0 Å². The van der Waals surface area contributed by atoms with Gasteiger partial charge in [0.2, 0.25) is 0 Å². The van der Waals surface area contributed by atoms with Gasteiger partial charge >= 0.3 is 0 Å². The zero-order valence-corrected chi connectivity index (χ0v) is 10.1. The summed E-state index contributed by atoms with van der Waals surface area (Å²) in [4.78, 5) is 0. The zero-order valence-electron chi connectivity index (χ0n) is 10.1. The molecular formula is C13H19FO. The SMILES string of the molecule is Cc1cc(C(C)C)c(F)c(C(C)(C)O)c1. The number of hydrogen-bond acceptors (Lipinski definition) is 1. The first-order valence-electron chi connectivity index (χ1n) is 5.26. The summed E-state index contributed by atoms with van der Waals surface area (Å²) in [6.07, 6.45) is 0. The number of halogens is 1. The van der Waals surface area contributed by atoms with E-state index in [1.54, 1.807) is 19.9 Å². The summed E-state index contributed by atoms with van der Waals surface area (Å²) in [6, 6.07) is 3.55. The topological polar surface area (TPSA) is 20.2 Å². The Balaban J connectivity index is 3.42. The quantitative estimate of drug-likeness (QED) is 0.792. The molecule has 0 aliphatic carbocycles. The van der Waals surface area contributed by atoms with Crippen LogP contribution in [-0.4, -0.2) is 5.11 Å².